The van der Waals surface area contributed by atoms with Gasteiger partial charge < -0.3 is 9.05 Å². The molecule has 0 heterocycles. The topological polar surface area (TPSA) is 27.7 Å². The van der Waals surface area contributed by atoms with Crippen LogP contribution in [0, 0.1) is 0 Å². The van der Waals surface area contributed by atoms with Crippen molar-refractivity contribution in [2.75, 3.05) is 13.2 Å². The SMILES string of the molecule is CCOP(OCC)OC(Br)c1ccc(Br)cc1. The zero-order chi connectivity index (χ0) is 12.7. The van der Waals surface area contributed by atoms with E-state index < -0.39 is 8.60 Å². The predicted molar refractivity (Wildman–Crippen MR) is 77.1 cm³/mol. The lowest BCUT2D eigenvalue weighted by Crippen LogP contribution is -1.98. The highest BCUT2D eigenvalue weighted by atomic mass is 79.9. The lowest BCUT2D eigenvalue weighted by atomic mass is 10.2. The number of hydrogen-bond donors (Lipinski definition) is 0. The third-order valence-corrected chi connectivity index (χ3v) is 4.63. The zero-order valence-electron chi connectivity index (χ0n) is 9.73. The third kappa shape index (κ3) is 5.77. The molecule has 0 fully saturated rings. The maximum absolute atomic E-state index is 5.68. The van der Waals surface area contributed by atoms with Crippen LogP contribution in [0.5, 0.6) is 0 Å². The molecule has 0 N–H and O–H groups in total. The normalized spacial score (nSPS) is 13.0. The molecular weight excluding hydrogens is 371 g/mol. The molecule has 0 bridgehead atoms. The molecule has 6 heteroatoms. The third-order valence-electron chi connectivity index (χ3n) is 1.78. The van der Waals surface area contributed by atoms with Crippen LogP contribution in [0.2, 0.25) is 0 Å². The van der Waals surface area contributed by atoms with Crippen molar-refractivity contribution < 1.29 is 13.6 Å². The highest BCUT2D eigenvalue weighted by Crippen LogP contribution is 2.46. The Bertz CT molecular complexity index is 315. The average Bonchev–Trinajstić information content (AvgIpc) is 2.30. The van der Waals surface area contributed by atoms with Crippen LogP contribution in [0.4, 0.5) is 0 Å². The standard InChI is InChI=1S/C11H15Br2O3P/c1-3-14-17(15-4-2)16-11(13)9-5-7-10(12)8-6-9/h5-8,11H,3-4H2,1-2H3. The van der Waals surface area contributed by atoms with Gasteiger partial charge in [0.1, 0.15) is 5.01 Å². The minimum atomic E-state index is -1.29. The van der Waals surface area contributed by atoms with Crippen LogP contribution < -0.4 is 0 Å². The van der Waals surface area contributed by atoms with Crippen LogP contribution in [-0.2, 0) is 13.6 Å². The van der Waals surface area contributed by atoms with Crippen molar-refractivity contribution in [3.8, 4) is 0 Å². The van der Waals surface area contributed by atoms with E-state index in [-0.39, 0.29) is 5.01 Å². The molecular formula is C11H15Br2O3P. The number of alkyl halides is 1. The van der Waals surface area contributed by atoms with Crippen LogP contribution in [0.25, 0.3) is 0 Å². The molecule has 3 nitrogen and oxygen atoms in total. The Morgan fingerprint density at radius 1 is 1.12 bits per heavy atom. The number of halogens is 2. The van der Waals surface area contributed by atoms with Crippen molar-refractivity contribution in [3.05, 3.63) is 34.3 Å². The second-order valence-corrected chi connectivity index (χ2v) is 5.95. The summed E-state index contributed by atoms with van der Waals surface area (Å²) in [5.74, 6) is 0. The van der Waals surface area contributed by atoms with Crippen molar-refractivity contribution >= 4 is 40.5 Å². The maximum Gasteiger partial charge on any atom is 0.334 e. The fraction of sp³-hybridized carbons (Fsp3) is 0.455. The first-order valence-electron chi connectivity index (χ1n) is 5.29. The zero-order valence-corrected chi connectivity index (χ0v) is 13.8. The number of hydrogen-bond acceptors (Lipinski definition) is 3. The van der Waals surface area contributed by atoms with Gasteiger partial charge in [-0.2, -0.15) is 0 Å². The van der Waals surface area contributed by atoms with Gasteiger partial charge in [-0.1, -0.05) is 44.0 Å². The summed E-state index contributed by atoms with van der Waals surface area (Å²) in [6, 6.07) is 7.90. The van der Waals surface area contributed by atoms with Gasteiger partial charge in [0.05, 0.1) is 13.2 Å². The minimum Gasteiger partial charge on any atom is -0.313 e. The summed E-state index contributed by atoms with van der Waals surface area (Å²) < 4.78 is 17.5. The second kappa shape index (κ2) is 8.57. The summed E-state index contributed by atoms with van der Waals surface area (Å²) in [6.45, 7) is 4.98. The first-order valence-corrected chi connectivity index (χ1v) is 8.10. The Morgan fingerprint density at radius 3 is 2.12 bits per heavy atom. The van der Waals surface area contributed by atoms with Gasteiger partial charge in [0, 0.05) is 4.47 Å². The smallest absolute Gasteiger partial charge is 0.313 e. The average molecular weight is 386 g/mol. The van der Waals surface area contributed by atoms with Gasteiger partial charge in [-0.25, -0.2) is 0 Å². The molecule has 1 aromatic rings. The molecule has 96 valence electrons. The van der Waals surface area contributed by atoms with E-state index in [1.165, 1.54) is 0 Å². The Hall–Kier alpha value is 0.490. The van der Waals surface area contributed by atoms with E-state index in [1.807, 2.05) is 38.1 Å². The minimum absolute atomic E-state index is 0.222. The van der Waals surface area contributed by atoms with Gasteiger partial charge in [-0.15, -0.1) is 0 Å². The van der Waals surface area contributed by atoms with E-state index >= 15 is 0 Å². The van der Waals surface area contributed by atoms with Crippen molar-refractivity contribution in [2.24, 2.45) is 0 Å². The van der Waals surface area contributed by atoms with Gasteiger partial charge in [0.15, 0.2) is 0 Å². The molecule has 17 heavy (non-hydrogen) atoms. The monoisotopic (exact) mass is 384 g/mol. The summed E-state index contributed by atoms with van der Waals surface area (Å²) in [5.41, 5.74) is 1.03. The van der Waals surface area contributed by atoms with Crippen LogP contribution in [0.15, 0.2) is 28.7 Å². The largest absolute Gasteiger partial charge is 0.334 e. The van der Waals surface area contributed by atoms with E-state index in [4.69, 9.17) is 13.6 Å². The Kier molecular flexibility index (Phi) is 7.84. The van der Waals surface area contributed by atoms with Crippen LogP contribution in [-0.4, -0.2) is 13.2 Å². The highest BCUT2D eigenvalue weighted by Gasteiger charge is 2.18. The lowest BCUT2D eigenvalue weighted by Gasteiger charge is -2.18. The van der Waals surface area contributed by atoms with Gasteiger partial charge in [0.2, 0.25) is 0 Å². The molecule has 0 spiro atoms. The number of benzene rings is 1. The van der Waals surface area contributed by atoms with E-state index in [0.717, 1.165) is 10.0 Å². The second-order valence-electron chi connectivity index (χ2n) is 3.03. The van der Waals surface area contributed by atoms with Crippen LogP contribution >= 0.6 is 40.5 Å². The molecule has 0 aliphatic heterocycles. The van der Waals surface area contributed by atoms with Gasteiger partial charge >= 0.3 is 8.60 Å². The van der Waals surface area contributed by atoms with Gasteiger partial charge in [0.25, 0.3) is 0 Å². The van der Waals surface area contributed by atoms with Gasteiger partial charge in [-0.05, 0) is 31.5 Å². The maximum atomic E-state index is 5.68. The van der Waals surface area contributed by atoms with E-state index in [2.05, 4.69) is 31.9 Å². The molecule has 1 atom stereocenters. The van der Waals surface area contributed by atoms with Crippen LogP contribution in [0.1, 0.15) is 24.4 Å². The quantitative estimate of drug-likeness (QED) is 0.479. The molecule has 0 saturated carbocycles. The van der Waals surface area contributed by atoms with Crippen molar-refractivity contribution in [2.45, 2.75) is 18.9 Å². The molecule has 0 aliphatic rings. The van der Waals surface area contributed by atoms with Crippen molar-refractivity contribution in [1.29, 1.82) is 0 Å². The highest BCUT2D eigenvalue weighted by molar-refractivity contribution is 9.10. The van der Waals surface area contributed by atoms with Crippen molar-refractivity contribution in [1.82, 2.24) is 0 Å². The van der Waals surface area contributed by atoms with Crippen molar-refractivity contribution in [3.63, 3.8) is 0 Å². The Labute approximate surface area is 120 Å². The van der Waals surface area contributed by atoms with E-state index in [0.29, 0.717) is 13.2 Å². The molecule has 0 saturated heterocycles. The molecule has 0 aliphatic carbocycles. The first-order chi connectivity index (χ1) is 8.17. The van der Waals surface area contributed by atoms with Crippen LogP contribution in [0.3, 0.4) is 0 Å². The van der Waals surface area contributed by atoms with Gasteiger partial charge in [-0.3, -0.25) is 4.52 Å². The summed E-state index contributed by atoms with van der Waals surface area (Å²) in [4.78, 5) is 0. The van der Waals surface area contributed by atoms with E-state index in [1.54, 1.807) is 0 Å². The molecule has 1 aromatic carbocycles. The Morgan fingerprint density at radius 2 is 1.65 bits per heavy atom. The molecule has 0 amide bonds. The molecule has 0 aromatic heterocycles. The first kappa shape index (κ1) is 15.5. The summed E-state index contributed by atoms with van der Waals surface area (Å²) in [5, 5.41) is -0.222. The number of rotatable bonds is 7. The summed E-state index contributed by atoms with van der Waals surface area (Å²) in [7, 11) is -1.29. The fourth-order valence-corrected chi connectivity index (χ4v) is 2.93. The molecule has 1 unspecified atom stereocenters. The fourth-order valence-electron chi connectivity index (χ4n) is 1.06. The summed E-state index contributed by atoms with van der Waals surface area (Å²) in [6.07, 6.45) is 0. The predicted octanol–water partition coefficient (Wildman–Crippen LogP) is 5.16. The lowest BCUT2D eigenvalue weighted by molar-refractivity contribution is 0.163. The summed E-state index contributed by atoms with van der Waals surface area (Å²) >= 11 is 6.86. The molecule has 0 radical (unpaired) electrons. The van der Waals surface area contributed by atoms with E-state index in [9.17, 15) is 0 Å². The molecule has 1 rings (SSSR count). The Balaban J connectivity index is 2.56.